The van der Waals surface area contributed by atoms with Crippen LogP contribution in [0.2, 0.25) is 10.0 Å². The molecule has 44 heavy (non-hydrogen) atoms. The van der Waals surface area contributed by atoms with Crippen LogP contribution in [0.15, 0.2) is 91.3 Å². The number of amides is 3. The lowest BCUT2D eigenvalue weighted by Gasteiger charge is -2.21. The summed E-state index contributed by atoms with van der Waals surface area (Å²) in [5.41, 5.74) is 5.07. The molecule has 10 heteroatoms. The van der Waals surface area contributed by atoms with Crippen LogP contribution in [0.3, 0.4) is 0 Å². The normalized spacial score (nSPS) is 11.0. The molecule has 0 radical (unpaired) electrons. The van der Waals surface area contributed by atoms with E-state index in [0.717, 1.165) is 27.7 Å². The molecule has 0 unspecified atom stereocenters. The third kappa shape index (κ3) is 7.53. The lowest BCUT2D eigenvalue weighted by atomic mass is 10.1. The number of fused-ring (bicyclic) bond motifs is 1. The molecule has 0 bridgehead atoms. The Morgan fingerprint density at radius 2 is 1.70 bits per heavy atom. The molecular formula is C34H29Cl2N5O3. The van der Waals surface area contributed by atoms with E-state index in [1.165, 1.54) is 4.90 Å². The summed E-state index contributed by atoms with van der Waals surface area (Å²) in [6.45, 7) is 1.73. The number of aromatic nitrogens is 2. The molecule has 8 nitrogen and oxygen atoms in total. The fourth-order valence-corrected chi connectivity index (χ4v) is 5.04. The Bertz CT molecular complexity index is 1850. The zero-order valence-electron chi connectivity index (χ0n) is 24.1. The van der Waals surface area contributed by atoms with E-state index in [-0.39, 0.29) is 24.1 Å². The summed E-state index contributed by atoms with van der Waals surface area (Å²) in [6, 6.07) is 23.6. The number of hydrogen-bond acceptors (Lipinski definition) is 5. The highest BCUT2D eigenvalue weighted by atomic mass is 35.5. The minimum absolute atomic E-state index is 0.0692. The van der Waals surface area contributed by atoms with Crippen LogP contribution in [0.25, 0.3) is 23.1 Å². The van der Waals surface area contributed by atoms with Crippen LogP contribution in [0.4, 0.5) is 16.2 Å². The number of para-hydroxylation sites is 1. The molecule has 0 spiro atoms. The van der Waals surface area contributed by atoms with Gasteiger partial charge in [0.05, 0.1) is 17.3 Å². The number of urea groups is 1. The summed E-state index contributed by atoms with van der Waals surface area (Å²) in [4.78, 5) is 35.6. The highest BCUT2D eigenvalue weighted by Crippen LogP contribution is 2.35. The summed E-state index contributed by atoms with van der Waals surface area (Å²) in [5.74, 6) is 0.220. The lowest BCUT2D eigenvalue weighted by Crippen LogP contribution is -2.40. The van der Waals surface area contributed by atoms with Gasteiger partial charge in [-0.05, 0) is 66.6 Å². The number of likely N-dealkylation sites (N-methyl/N-ethyl adjacent to an activating group) is 1. The second-order valence-corrected chi connectivity index (χ2v) is 10.7. The maximum atomic E-state index is 13.0. The van der Waals surface area contributed by atoms with E-state index in [2.05, 4.69) is 20.6 Å². The number of ether oxygens (including phenoxy) is 1. The van der Waals surface area contributed by atoms with Crippen LogP contribution in [-0.4, -0.2) is 35.5 Å². The first-order chi connectivity index (χ1) is 21.3. The first-order valence-electron chi connectivity index (χ1n) is 13.7. The first-order valence-corrected chi connectivity index (χ1v) is 14.5. The lowest BCUT2D eigenvalue weighted by molar-refractivity contribution is -0.117. The van der Waals surface area contributed by atoms with Crippen molar-refractivity contribution < 1.29 is 14.3 Å². The number of hydrogen-bond donors (Lipinski definition) is 2. The van der Waals surface area contributed by atoms with Gasteiger partial charge in [0.15, 0.2) is 0 Å². The molecule has 3 aromatic carbocycles. The minimum atomic E-state index is -0.516. The number of carbonyl (C=O) groups excluding carboxylic acids is 2. The number of benzene rings is 3. The maximum absolute atomic E-state index is 13.0. The van der Waals surface area contributed by atoms with Crippen molar-refractivity contribution in [1.29, 1.82) is 0 Å². The molecule has 2 aromatic heterocycles. The maximum Gasteiger partial charge on any atom is 0.319 e. The van der Waals surface area contributed by atoms with Crippen LogP contribution in [-0.2, 0) is 11.4 Å². The van der Waals surface area contributed by atoms with Crippen molar-refractivity contribution >= 4 is 69.6 Å². The van der Waals surface area contributed by atoms with Crippen LogP contribution in [0.1, 0.15) is 22.4 Å². The van der Waals surface area contributed by atoms with Gasteiger partial charge >= 0.3 is 6.03 Å². The van der Waals surface area contributed by atoms with Gasteiger partial charge in [-0.1, -0.05) is 65.7 Å². The molecule has 5 aromatic rings. The Morgan fingerprint density at radius 1 is 0.932 bits per heavy atom. The molecule has 0 saturated heterocycles. The van der Waals surface area contributed by atoms with Crippen molar-refractivity contribution in [3.63, 3.8) is 0 Å². The Balaban J connectivity index is 1.20. The molecule has 0 fully saturated rings. The minimum Gasteiger partial charge on any atom is -0.487 e. The Hall–Kier alpha value is -4.92. The largest absolute Gasteiger partial charge is 0.487 e. The number of nitrogens with one attached hydrogen (secondary N) is 2. The zero-order valence-corrected chi connectivity index (χ0v) is 25.6. The van der Waals surface area contributed by atoms with Crippen LogP contribution < -0.4 is 20.3 Å². The molecular weight excluding hydrogens is 597 g/mol. The van der Waals surface area contributed by atoms with E-state index >= 15 is 0 Å². The molecule has 3 amide bonds. The van der Waals surface area contributed by atoms with Crippen molar-refractivity contribution in [1.82, 2.24) is 15.3 Å². The van der Waals surface area contributed by atoms with Gasteiger partial charge in [0.2, 0.25) is 5.91 Å². The average Bonchev–Trinajstić information content (AvgIpc) is 3.03. The number of nitrogens with zero attached hydrogens (tertiary/aromatic N) is 3. The van der Waals surface area contributed by atoms with E-state index in [1.807, 2.05) is 79.7 Å². The predicted octanol–water partition coefficient (Wildman–Crippen LogP) is 7.78. The quantitative estimate of drug-likeness (QED) is 0.174. The third-order valence-electron chi connectivity index (χ3n) is 6.81. The van der Waals surface area contributed by atoms with E-state index in [9.17, 15) is 9.59 Å². The van der Waals surface area contributed by atoms with Crippen molar-refractivity contribution in [3.05, 3.63) is 124 Å². The monoisotopic (exact) mass is 625 g/mol. The standard InChI is InChI=1S/C34H29Cl2N5O3/c1-22-9-12-25-6-4-8-30(33(25)39-22)44-21-27-28(35)13-14-29(32(27)36)41(2)31(42)20-38-34(43)40-26-7-3-5-24(19-26)11-10-23-15-17-37-18-16-23/h3-19H,20-21H2,1-2H3,(H2,38,40,43)/b11-10+. The fraction of sp³-hybridized carbons (Fsp3) is 0.118. The number of rotatable bonds is 9. The van der Waals surface area contributed by atoms with Crippen molar-refractivity contribution in [2.24, 2.45) is 0 Å². The number of carbonyl (C=O) groups is 2. The van der Waals surface area contributed by atoms with Gasteiger partial charge in [0.1, 0.15) is 17.9 Å². The molecule has 5 rings (SSSR count). The van der Waals surface area contributed by atoms with Crippen LogP contribution in [0, 0.1) is 6.92 Å². The number of anilines is 2. The van der Waals surface area contributed by atoms with Gasteiger partial charge in [0, 0.05) is 46.8 Å². The topological polar surface area (TPSA) is 96.5 Å². The molecule has 0 aliphatic rings. The van der Waals surface area contributed by atoms with E-state index in [4.69, 9.17) is 27.9 Å². The summed E-state index contributed by atoms with van der Waals surface area (Å²) in [5, 5.41) is 7.00. The van der Waals surface area contributed by atoms with Gasteiger partial charge in [-0.3, -0.25) is 9.78 Å². The fourth-order valence-electron chi connectivity index (χ4n) is 4.43. The Kier molecular flexibility index (Phi) is 9.74. The molecule has 0 aliphatic heterocycles. The first kappa shape index (κ1) is 30.5. The summed E-state index contributed by atoms with van der Waals surface area (Å²) in [6.07, 6.45) is 7.34. The predicted molar refractivity (Wildman–Crippen MR) is 177 cm³/mol. The average molecular weight is 627 g/mol. The van der Waals surface area contributed by atoms with Crippen molar-refractivity contribution in [2.75, 3.05) is 23.8 Å². The van der Waals surface area contributed by atoms with E-state index < -0.39 is 6.03 Å². The van der Waals surface area contributed by atoms with E-state index in [0.29, 0.717) is 27.7 Å². The van der Waals surface area contributed by atoms with Gasteiger partial charge in [-0.15, -0.1) is 0 Å². The molecule has 222 valence electrons. The molecule has 0 aliphatic carbocycles. The summed E-state index contributed by atoms with van der Waals surface area (Å²) in [7, 11) is 1.58. The number of aryl methyl sites for hydroxylation is 1. The van der Waals surface area contributed by atoms with Gasteiger partial charge in [-0.2, -0.15) is 0 Å². The second kappa shape index (κ2) is 14.0. The van der Waals surface area contributed by atoms with Gasteiger partial charge in [0.25, 0.3) is 0 Å². The Morgan fingerprint density at radius 3 is 2.52 bits per heavy atom. The van der Waals surface area contributed by atoms with Crippen molar-refractivity contribution in [3.8, 4) is 5.75 Å². The molecule has 0 saturated carbocycles. The number of halogens is 2. The number of pyridine rings is 2. The second-order valence-electron chi connectivity index (χ2n) is 9.93. The SMILES string of the molecule is Cc1ccc2cccc(OCc3c(Cl)ccc(N(C)C(=O)CNC(=O)Nc4cccc(/C=C/c5ccncc5)c4)c3Cl)c2n1. The van der Waals surface area contributed by atoms with Crippen molar-refractivity contribution in [2.45, 2.75) is 13.5 Å². The van der Waals surface area contributed by atoms with Crippen LogP contribution in [0.5, 0.6) is 5.75 Å². The van der Waals surface area contributed by atoms with Gasteiger partial charge < -0.3 is 20.3 Å². The summed E-state index contributed by atoms with van der Waals surface area (Å²) < 4.78 is 6.09. The molecule has 2 N–H and O–H groups in total. The molecule has 0 atom stereocenters. The zero-order chi connectivity index (χ0) is 31.1. The molecule has 2 heterocycles. The smallest absolute Gasteiger partial charge is 0.319 e. The van der Waals surface area contributed by atoms with Gasteiger partial charge in [-0.25, -0.2) is 9.78 Å². The summed E-state index contributed by atoms with van der Waals surface area (Å²) >= 11 is 13.2. The highest BCUT2D eigenvalue weighted by Gasteiger charge is 2.19. The highest BCUT2D eigenvalue weighted by molar-refractivity contribution is 6.38. The Labute approximate surface area is 265 Å². The van der Waals surface area contributed by atoms with E-state index in [1.54, 1.807) is 37.6 Å². The third-order valence-corrected chi connectivity index (χ3v) is 7.59. The van der Waals surface area contributed by atoms with Crippen LogP contribution >= 0.6 is 23.2 Å².